The van der Waals surface area contributed by atoms with Crippen LogP contribution in [0.3, 0.4) is 0 Å². The van der Waals surface area contributed by atoms with Gasteiger partial charge in [0.15, 0.2) is 5.69 Å². The number of amides is 2. The van der Waals surface area contributed by atoms with Gasteiger partial charge in [-0.2, -0.15) is 14.9 Å². The summed E-state index contributed by atoms with van der Waals surface area (Å²) in [6, 6.07) is 30.0. The summed E-state index contributed by atoms with van der Waals surface area (Å²) in [5, 5.41) is 8.73. The number of benzene rings is 3. The Hall–Kier alpha value is -5.31. The van der Waals surface area contributed by atoms with Crippen LogP contribution in [0.15, 0.2) is 114 Å². The fourth-order valence-electron chi connectivity index (χ4n) is 3.59. The molecule has 0 aliphatic carbocycles. The molecule has 3 aromatic carbocycles. The van der Waals surface area contributed by atoms with Crippen molar-refractivity contribution in [3.8, 4) is 22.6 Å². The molecule has 2 aromatic heterocycles. The van der Waals surface area contributed by atoms with Crippen LogP contribution >= 0.6 is 0 Å². The molecule has 0 unspecified atom stereocenters. The Morgan fingerprint density at radius 2 is 1.22 bits per heavy atom. The maximum absolute atomic E-state index is 13.1. The molecule has 0 spiro atoms. The summed E-state index contributed by atoms with van der Waals surface area (Å²) in [5.74, 6) is -1.23. The molecule has 36 heavy (non-hydrogen) atoms. The van der Waals surface area contributed by atoms with E-state index in [1.807, 2.05) is 66.7 Å². The second kappa shape index (κ2) is 9.90. The normalized spacial score (nSPS) is 10.6. The number of rotatable bonds is 5. The van der Waals surface area contributed by atoms with Crippen molar-refractivity contribution in [1.29, 1.82) is 0 Å². The van der Waals surface area contributed by atoms with Crippen molar-refractivity contribution in [1.82, 2.24) is 30.4 Å². The van der Waals surface area contributed by atoms with Crippen LogP contribution in [0.2, 0.25) is 0 Å². The number of nitrogens with one attached hydrogen (secondary N) is 2. The lowest BCUT2D eigenvalue weighted by molar-refractivity contribution is 0.0843. The Bertz CT molecular complexity index is 1580. The van der Waals surface area contributed by atoms with Gasteiger partial charge >= 0.3 is 0 Å². The van der Waals surface area contributed by atoms with Gasteiger partial charge in [-0.05, 0) is 30.3 Å². The molecular weight excluding hydrogens is 456 g/mol. The Balaban J connectivity index is 1.39. The van der Waals surface area contributed by atoms with E-state index < -0.39 is 11.8 Å². The standard InChI is InChI=1S/C27H20N6O3/c34-24-17-16-23(30-33(24)21-14-8-3-9-15-21)27(36)29-28-26(35)22-18-32(20-12-6-2-7-13-20)31-25(22)19-10-4-1-5-11-19/h1-18H,(H,28,35)(H,29,36). The van der Waals surface area contributed by atoms with Crippen LogP contribution in [0.5, 0.6) is 0 Å². The van der Waals surface area contributed by atoms with E-state index in [1.54, 1.807) is 35.1 Å². The van der Waals surface area contributed by atoms with Crippen LogP contribution in [0.4, 0.5) is 0 Å². The maximum atomic E-state index is 13.1. The first-order chi connectivity index (χ1) is 17.6. The number of aromatic nitrogens is 4. The highest BCUT2D eigenvalue weighted by Crippen LogP contribution is 2.23. The first-order valence-corrected chi connectivity index (χ1v) is 11.1. The van der Waals surface area contributed by atoms with Gasteiger partial charge in [-0.1, -0.05) is 66.7 Å². The van der Waals surface area contributed by atoms with Gasteiger partial charge < -0.3 is 0 Å². The second-order valence-corrected chi connectivity index (χ2v) is 7.75. The average molecular weight is 476 g/mol. The fraction of sp³-hybridized carbons (Fsp3) is 0. The third-order valence-electron chi connectivity index (χ3n) is 5.35. The van der Waals surface area contributed by atoms with E-state index in [4.69, 9.17) is 0 Å². The number of hydrogen-bond donors (Lipinski definition) is 2. The Morgan fingerprint density at radius 1 is 0.639 bits per heavy atom. The van der Waals surface area contributed by atoms with Gasteiger partial charge in [-0.15, -0.1) is 0 Å². The fourth-order valence-corrected chi connectivity index (χ4v) is 3.59. The van der Waals surface area contributed by atoms with Gasteiger partial charge in [-0.25, -0.2) is 4.68 Å². The van der Waals surface area contributed by atoms with E-state index in [2.05, 4.69) is 21.0 Å². The van der Waals surface area contributed by atoms with Gasteiger partial charge in [0.25, 0.3) is 17.4 Å². The molecule has 5 rings (SSSR count). The number of para-hydroxylation sites is 2. The summed E-state index contributed by atoms with van der Waals surface area (Å²) in [6.45, 7) is 0. The molecule has 0 bridgehead atoms. The molecule has 0 saturated carbocycles. The lowest BCUT2D eigenvalue weighted by atomic mass is 10.1. The monoisotopic (exact) mass is 476 g/mol. The molecule has 9 nitrogen and oxygen atoms in total. The van der Waals surface area contributed by atoms with Crippen molar-refractivity contribution < 1.29 is 9.59 Å². The van der Waals surface area contributed by atoms with Gasteiger partial charge in [0.1, 0.15) is 5.69 Å². The highest BCUT2D eigenvalue weighted by Gasteiger charge is 2.20. The largest absolute Gasteiger partial charge is 0.290 e. The van der Waals surface area contributed by atoms with E-state index in [0.717, 1.165) is 15.9 Å². The van der Waals surface area contributed by atoms with Crippen molar-refractivity contribution in [3.05, 3.63) is 131 Å². The number of nitrogens with zero attached hydrogens (tertiary/aromatic N) is 4. The van der Waals surface area contributed by atoms with Crippen LogP contribution in [-0.4, -0.2) is 31.4 Å². The molecule has 0 aliphatic rings. The molecule has 2 N–H and O–H groups in total. The van der Waals surface area contributed by atoms with Gasteiger partial charge in [0.2, 0.25) is 0 Å². The minimum absolute atomic E-state index is 0.0398. The number of hydrazine groups is 1. The predicted octanol–water partition coefficient (Wildman–Crippen LogP) is 3.16. The summed E-state index contributed by atoms with van der Waals surface area (Å²) < 4.78 is 2.73. The van der Waals surface area contributed by atoms with E-state index in [0.29, 0.717) is 11.4 Å². The third kappa shape index (κ3) is 4.66. The summed E-state index contributed by atoms with van der Waals surface area (Å²) in [6.07, 6.45) is 1.60. The molecule has 176 valence electrons. The number of hydrogen-bond acceptors (Lipinski definition) is 5. The lowest BCUT2D eigenvalue weighted by Crippen LogP contribution is -2.42. The zero-order valence-electron chi connectivity index (χ0n) is 18.9. The number of carbonyl (C=O) groups is 2. The molecule has 9 heteroatoms. The first kappa shape index (κ1) is 22.5. The topological polar surface area (TPSA) is 111 Å². The molecular formula is C27H20N6O3. The number of carbonyl (C=O) groups excluding carboxylic acids is 2. The smallest absolute Gasteiger partial charge is 0.267 e. The molecule has 2 heterocycles. The van der Waals surface area contributed by atoms with E-state index >= 15 is 0 Å². The quantitative estimate of drug-likeness (QED) is 0.379. The molecule has 0 atom stereocenters. The van der Waals surface area contributed by atoms with Gasteiger partial charge in [0, 0.05) is 17.8 Å². The summed E-state index contributed by atoms with van der Waals surface area (Å²) >= 11 is 0. The van der Waals surface area contributed by atoms with Crippen molar-refractivity contribution in [2.75, 3.05) is 0 Å². The third-order valence-corrected chi connectivity index (χ3v) is 5.35. The van der Waals surface area contributed by atoms with Crippen molar-refractivity contribution in [2.24, 2.45) is 0 Å². The van der Waals surface area contributed by atoms with E-state index in [1.165, 1.54) is 12.1 Å². The van der Waals surface area contributed by atoms with Crippen molar-refractivity contribution in [2.45, 2.75) is 0 Å². The van der Waals surface area contributed by atoms with E-state index in [9.17, 15) is 14.4 Å². The highest BCUT2D eigenvalue weighted by atomic mass is 16.2. The molecule has 2 amide bonds. The summed E-state index contributed by atoms with van der Waals surface area (Å²) in [7, 11) is 0. The first-order valence-electron chi connectivity index (χ1n) is 11.1. The maximum Gasteiger partial charge on any atom is 0.290 e. The predicted molar refractivity (Wildman–Crippen MR) is 134 cm³/mol. The van der Waals surface area contributed by atoms with Crippen LogP contribution in [0.1, 0.15) is 20.8 Å². The van der Waals surface area contributed by atoms with E-state index in [-0.39, 0.29) is 16.8 Å². The molecule has 0 radical (unpaired) electrons. The Labute approximate surface area is 205 Å². The molecule has 5 aromatic rings. The minimum atomic E-state index is -0.676. The molecule has 0 saturated heterocycles. The van der Waals surface area contributed by atoms with Gasteiger partial charge in [-0.3, -0.25) is 25.2 Å². The zero-order chi connectivity index (χ0) is 24.9. The Kier molecular flexibility index (Phi) is 6.18. The van der Waals surface area contributed by atoms with Crippen LogP contribution in [0.25, 0.3) is 22.6 Å². The van der Waals surface area contributed by atoms with Crippen molar-refractivity contribution >= 4 is 11.8 Å². The van der Waals surface area contributed by atoms with Crippen molar-refractivity contribution in [3.63, 3.8) is 0 Å². The highest BCUT2D eigenvalue weighted by molar-refractivity contribution is 6.02. The van der Waals surface area contributed by atoms with Crippen LogP contribution < -0.4 is 16.4 Å². The zero-order valence-corrected chi connectivity index (χ0v) is 18.9. The average Bonchev–Trinajstić information content (AvgIpc) is 3.39. The second-order valence-electron chi connectivity index (χ2n) is 7.75. The SMILES string of the molecule is O=C(NNC(=O)c1cn(-c2ccccc2)nc1-c1ccccc1)c1ccc(=O)n(-c2ccccc2)n1. The summed E-state index contributed by atoms with van der Waals surface area (Å²) in [5.41, 5.74) is 7.15. The van der Waals surface area contributed by atoms with Gasteiger partial charge in [0.05, 0.1) is 16.9 Å². The minimum Gasteiger partial charge on any atom is -0.267 e. The summed E-state index contributed by atoms with van der Waals surface area (Å²) in [4.78, 5) is 38.1. The Morgan fingerprint density at radius 3 is 1.89 bits per heavy atom. The molecule has 0 fully saturated rings. The van der Waals surface area contributed by atoms with Crippen LogP contribution in [0, 0.1) is 0 Å². The van der Waals surface area contributed by atoms with Crippen LogP contribution in [-0.2, 0) is 0 Å². The lowest BCUT2D eigenvalue weighted by Gasteiger charge is -2.09. The molecule has 0 aliphatic heterocycles.